The fourth-order valence-electron chi connectivity index (χ4n) is 2.33. The van der Waals surface area contributed by atoms with Crippen molar-refractivity contribution in [2.24, 2.45) is 0 Å². The van der Waals surface area contributed by atoms with E-state index in [0.29, 0.717) is 0 Å². The molecule has 0 unspecified atom stereocenters. The van der Waals surface area contributed by atoms with Crippen molar-refractivity contribution < 1.29 is 0 Å². The topological polar surface area (TPSA) is 41.0 Å². The zero-order chi connectivity index (χ0) is 12.6. The van der Waals surface area contributed by atoms with E-state index in [0.717, 1.165) is 31.3 Å². The van der Waals surface area contributed by atoms with Crippen LogP contribution in [0.5, 0.6) is 0 Å². The summed E-state index contributed by atoms with van der Waals surface area (Å²) >= 11 is 0. The largest absolute Gasteiger partial charge is 0.370 e. The number of hydrogen-bond donors (Lipinski definition) is 1. The van der Waals surface area contributed by atoms with Gasteiger partial charge in [0.25, 0.3) is 0 Å². The molecule has 0 amide bonds. The molecule has 1 N–H and O–H groups in total. The van der Waals surface area contributed by atoms with Crippen LogP contribution in [-0.4, -0.2) is 29.6 Å². The van der Waals surface area contributed by atoms with Crippen LogP contribution in [0.4, 0.5) is 11.6 Å². The molecule has 2 heterocycles. The van der Waals surface area contributed by atoms with Gasteiger partial charge in [-0.05, 0) is 25.7 Å². The lowest BCUT2D eigenvalue weighted by atomic mass is 10.1. The highest BCUT2D eigenvalue weighted by atomic mass is 15.2. The first-order valence-electron chi connectivity index (χ1n) is 7.21. The van der Waals surface area contributed by atoms with Crippen LogP contribution < -0.4 is 10.2 Å². The van der Waals surface area contributed by atoms with Crippen LogP contribution in [0, 0.1) is 0 Å². The third-order valence-corrected chi connectivity index (χ3v) is 3.42. The van der Waals surface area contributed by atoms with Gasteiger partial charge in [0.2, 0.25) is 0 Å². The quantitative estimate of drug-likeness (QED) is 0.786. The van der Waals surface area contributed by atoms with E-state index in [9.17, 15) is 0 Å². The second kappa shape index (κ2) is 7.19. The Kier molecular flexibility index (Phi) is 5.24. The lowest BCUT2D eigenvalue weighted by Crippen LogP contribution is -2.30. The molecule has 0 saturated carbocycles. The molecule has 1 saturated heterocycles. The van der Waals surface area contributed by atoms with Gasteiger partial charge in [0.1, 0.15) is 18.0 Å². The van der Waals surface area contributed by atoms with Crippen LogP contribution in [0.25, 0.3) is 0 Å². The van der Waals surface area contributed by atoms with Crippen LogP contribution in [0.2, 0.25) is 0 Å². The average molecular weight is 248 g/mol. The van der Waals surface area contributed by atoms with Crippen LogP contribution in [0.15, 0.2) is 12.4 Å². The Morgan fingerprint density at radius 1 is 1.17 bits per heavy atom. The summed E-state index contributed by atoms with van der Waals surface area (Å²) in [5.74, 6) is 2.03. The monoisotopic (exact) mass is 248 g/mol. The third-order valence-electron chi connectivity index (χ3n) is 3.42. The van der Waals surface area contributed by atoms with Crippen molar-refractivity contribution >= 4 is 11.6 Å². The Bertz CT molecular complexity index is 347. The van der Waals surface area contributed by atoms with Crippen molar-refractivity contribution in [3.63, 3.8) is 0 Å². The normalized spacial score (nSPS) is 15.7. The minimum absolute atomic E-state index is 0.960. The molecule has 18 heavy (non-hydrogen) atoms. The van der Waals surface area contributed by atoms with Gasteiger partial charge in [-0.3, -0.25) is 0 Å². The summed E-state index contributed by atoms with van der Waals surface area (Å²) in [6.07, 6.45) is 9.32. The summed E-state index contributed by atoms with van der Waals surface area (Å²) in [5, 5.41) is 3.38. The molecule has 0 spiro atoms. The van der Waals surface area contributed by atoms with Crippen molar-refractivity contribution in [3.05, 3.63) is 12.4 Å². The van der Waals surface area contributed by atoms with Gasteiger partial charge < -0.3 is 10.2 Å². The summed E-state index contributed by atoms with van der Waals surface area (Å²) in [7, 11) is 0. The molecule has 1 aromatic heterocycles. The fourth-order valence-corrected chi connectivity index (χ4v) is 2.33. The molecule has 1 fully saturated rings. The zero-order valence-electron chi connectivity index (χ0n) is 11.4. The molecule has 0 bridgehead atoms. The SMILES string of the molecule is CCCCCNc1cc(N2CCCCC2)ncn1. The van der Waals surface area contributed by atoms with Crippen molar-refractivity contribution in [1.82, 2.24) is 9.97 Å². The molecule has 1 aromatic rings. The fraction of sp³-hybridized carbons (Fsp3) is 0.714. The highest BCUT2D eigenvalue weighted by Gasteiger charge is 2.12. The molecule has 1 aliphatic heterocycles. The van der Waals surface area contributed by atoms with Crippen molar-refractivity contribution in [2.75, 3.05) is 29.9 Å². The number of aromatic nitrogens is 2. The van der Waals surface area contributed by atoms with Crippen molar-refractivity contribution in [3.8, 4) is 0 Å². The number of piperidine rings is 1. The summed E-state index contributed by atoms with van der Waals surface area (Å²) in [5.41, 5.74) is 0. The highest BCUT2D eigenvalue weighted by molar-refractivity contribution is 5.48. The maximum Gasteiger partial charge on any atom is 0.134 e. The standard InChI is InChI=1S/C14H24N4/c1-2-3-5-8-15-13-11-14(17-12-16-13)18-9-6-4-7-10-18/h11-12H,2-10H2,1H3,(H,15,16,17). The molecule has 4 nitrogen and oxygen atoms in total. The highest BCUT2D eigenvalue weighted by Crippen LogP contribution is 2.19. The van der Waals surface area contributed by atoms with E-state index >= 15 is 0 Å². The smallest absolute Gasteiger partial charge is 0.134 e. The minimum Gasteiger partial charge on any atom is -0.370 e. The predicted molar refractivity (Wildman–Crippen MR) is 76.1 cm³/mol. The van der Waals surface area contributed by atoms with Gasteiger partial charge in [-0.25, -0.2) is 9.97 Å². The van der Waals surface area contributed by atoms with Gasteiger partial charge in [-0.2, -0.15) is 0 Å². The summed E-state index contributed by atoms with van der Waals surface area (Å²) in [4.78, 5) is 11.0. The van der Waals surface area contributed by atoms with Gasteiger partial charge >= 0.3 is 0 Å². The predicted octanol–water partition coefficient (Wildman–Crippen LogP) is 3.07. The van der Waals surface area contributed by atoms with Crippen LogP contribution in [0.3, 0.4) is 0 Å². The number of unbranched alkanes of at least 4 members (excludes halogenated alkanes) is 2. The average Bonchev–Trinajstić information content (AvgIpc) is 2.45. The number of anilines is 2. The maximum absolute atomic E-state index is 4.38. The Hall–Kier alpha value is -1.32. The lowest BCUT2D eigenvalue weighted by Gasteiger charge is -2.27. The van der Waals surface area contributed by atoms with E-state index in [1.54, 1.807) is 6.33 Å². The Morgan fingerprint density at radius 3 is 2.78 bits per heavy atom. The second-order valence-electron chi connectivity index (χ2n) is 4.94. The molecule has 4 heteroatoms. The maximum atomic E-state index is 4.38. The molecule has 0 radical (unpaired) electrons. The molecular weight excluding hydrogens is 224 g/mol. The summed E-state index contributed by atoms with van der Waals surface area (Å²) in [6.45, 7) is 5.49. The molecule has 0 aliphatic carbocycles. The van der Waals surface area contributed by atoms with Crippen molar-refractivity contribution in [2.45, 2.75) is 45.4 Å². The Balaban J connectivity index is 1.88. The van der Waals surface area contributed by atoms with Gasteiger partial charge in [-0.15, -0.1) is 0 Å². The van der Waals surface area contributed by atoms with Gasteiger partial charge in [-0.1, -0.05) is 19.8 Å². The van der Waals surface area contributed by atoms with E-state index < -0.39 is 0 Å². The molecule has 1 aliphatic rings. The summed E-state index contributed by atoms with van der Waals surface area (Å²) in [6, 6.07) is 2.08. The molecule has 0 aromatic carbocycles. The number of hydrogen-bond acceptors (Lipinski definition) is 4. The number of nitrogens with one attached hydrogen (secondary N) is 1. The third kappa shape index (κ3) is 3.86. The van der Waals surface area contributed by atoms with Gasteiger partial charge in [0.05, 0.1) is 0 Å². The molecule has 2 rings (SSSR count). The Labute approximate surface area is 110 Å². The first kappa shape index (κ1) is 13.1. The van der Waals surface area contributed by atoms with E-state index in [1.165, 1.54) is 38.5 Å². The van der Waals surface area contributed by atoms with Gasteiger partial charge in [0, 0.05) is 25.7 Å². The zero-order valence-corrected chi connectivity index (χ0v) is 11.4. The van der Waals surface area contributed by atoms with E-state index in [1.807, 2.05) is 0 Å². The molecule has 0 atom stereocenters. The molecule has 100 valence electrons. The second-order valence-corrected chi connectivity index (χ2v) is 4.94. The first-order chi connectivity index (χ1) is 8.90. The first-order valence-corrected chi connectivity index (χ1v) is 7.21. The van der Waals surface area contributed by atoms with E-state index in [4.69, 9.17) is 0 Å². The number of rotatable bonds is 6. The van der Waals surface area contributed by atoms with Crippen molar-refractivity contribution in [1.29, 1.82) is 0 Å². The minimum atomic E-state index is 0.960. The van der Waals surface area contributed by atoms with E-state index in [-0.39, 0.29) is 0 Å². The number of nitrogens with zero attached hydrogens (tertiary/aromatic N) is 3. The lowest BCUT2D eigenvalue weighted by molar-refractivity contribution is 0.573. The van der Waals surface area contributed by atoms with Crippen LogP contribution in [-0.2, 0) is 0 Å². The van der Waals surface area contributed by atoms with Crippen LogP contribution >= 0.6 is 0 Å². The molecular formula is C14H24N4. The Morgan fingerprint density at radius 2 is 2.00 bits per heavy atom. The van der Waals surface area contributed by atoms with Crippen LogP contribution in [0.1, 0.15) is 45.4 Å². The van der Waals surface area contributed by atoms with Gasteiger partial charge in [0.15, 0.2) is 0 Å². The van der Waals surface area contributed by atoms with E-state index in [2.05, 4.69) is 33.2 Å². The summed E-state index contributed by atoms with van der Waals surface area (Å²) < 4.78 is 0.